The maximum Gasteiger partial charge on any atom is 0.267 e. The van der Waals surface area contributed by atoms with Crippen molar-refractivity contribution in [3.05, 3.63) is 36.4 Å². The summed E-state index contributed by atoms with van der Waals surface area (Å²) >= 11 is 0. The van der Waals surface area contributed by atoms with E-state index in [2.05, 4.69) is 11.6 Å². The van der Waals surface area contributed by atoms with E-state index < -0.39 is 10.0 Å². The van der Waals surface area contributed by atoms with Crippen LogP contribution in [-0.2, 0) is 14.8 Å². The van der Waals surface area contributed by atoms with Gasteiger partial charge in [-0.15, -0.1) is 0 Å². The monoisotopic (exact) mass is 305 g/mol. The number of aliphatic imine (C=N–C) groups is 1. The Morgan fingerprint density at radius 2 is 2.19 bits per heavy atom. The molecule has 0 spiro atoms. The molecule has 0 aliphatic carbocycles. The maximum atomic E-state index is 12.7. The lowest BCUT2D eigenvalue weighted by atomic mass is 10.2. The van der Waals surface area contributed by atoms with Crippen LogP contribution in [0, 0.1) is 11.3 Å². The van der Waals surface area contributed by atoms with Gasteiger partial charge in [-0.25, -0.2) is 17.7 Å². The SMILES string of the molecule is C=C(C#N)C1=Nc2ccccc2S(=O)(=O)N1CCCOC. The number of para-hydroxylation sites is 1. The number of nitrogens with zero attached hydrogens (tertiary/aromatic N) is 3. The maximum absolute atomic E-state index is 12.7. The highest BCUT2D eigenvalue weighted by molar-refractivity contribution is 7.90. The fraction of sp³-hybridized carbons (Fsp3) is 0.286. The zero-order valence-electron chi connectivity index (χ0n) is 11.6. The van der Waals surface area contributed by atoms with Crippen molar-refractivity contribution in [1.82, 2.24) is 4.31 Å². The average Bonchev–Trinajstić information content (AvgIpc) is 2.48. The summed E-state index contributed by atoms with van der Waals surface area (Å²) in [6, 6.07) is 8.31. The largest absolute Gasteiger partial charge is 0.385 e. The normalized spacial score (nSPS) is 15.8. The van der Waals surface area contributed by atoms with Gasteiger partial charge in [0, 0.05) is 20.3 Å². The number of ether oxygens (including phenoxy) is 1. The van der Waals surface area contributed by atoms with Crippen molar-refractivity contribution < 1.29 is 13.2 Å². The van der Waals surface area contributed by atoms with Crippen LogP contribution in [0.2, 0.25) is 0 Å². The summed E-state index contributed by atoms with van der Waals surface area (Å²) in [5.74, 6) is 0.0762. The van der Waals surface area contributed by atoms with Crippen molar-refractivity contribution >= 4 is 21.5 Å². The highest BCUT2D eigenvalue weighted by atomic mass is 32.2. The van der Waals surface area contributed by atoms with Crippen LogP contribution in [0.4, 0.5) is 5.69 Å². The molecule has 2 rings (SSSR count). The smallest absolute Gasteiger partial charge is 0.267 e. The van der Waals surface area contributed by atoms with E-state index in [1.807, 2.05) is 6.07 Å². The van der Waals surface area contributed by atoms with Crippen LogP contribution in [0.1, 0.15) is 6.42 Å². The summed E-state index contributed by atoms with van der Waals surface area (Å²) in [7, 11) is -2.19. The Labute approximate surface area is 124 Å². The molecule has 1 heterocycles. The van der Waals surface area contributed by atoms with Gasteiger partial charge >= 0.3 is 0 Å². The minimum atomic E-state index is -3.73. The fourth-order valence-corrected chi connectivity index (χ4v) is 3.63. The summed E-state index contributed by atoms with van der Waals surface area (Å²) in [6.07, 6.45) is 0.496. The number of methoxy groups -OCH3 is 1. The predicted octanol–water partition coefficient (Wildman–Crippen LogP) is 1.84. The molecule has 1 aromatic carbocycles. The van der Waals surface area contributed by atoms with Gasteiger partial charge in [-0.2, -0.15) is 5.26 Å². The molecule has 0 saturated carbocycles. The Morgan fingerprint density at radius 3 is 2.86 bits per heavy atom. The molecule has 21 heavy (non-hydrogen) atoms. The number of hydrogen-bond acceptors (Lipinski definition) is 5. The molecule has 1 aliphatic heterocycles. The van der Waals surface area contributed by atoms with Crippen LogP contribution in [0.3, 0.4) is 0 Å². The molecular weight excluding hydrogens is 290 g/mol. The Balaban J connectivity index is 2.52. The van der Waals surface area contributed by atoms with Gasteiger partial charge in [0.2, 0.25) is 0 Å². The molecule has 0 saturated heterocycles. The van der Waals surface area contributed by atoms with E-state index in [0.29, 0.717) is 18.7 Å². The number of benzene rings is 1. The standard InChI is InChI=1S/C14H15N3O3S/c1-11(10-15)14-16-12-6-3-4-7-13(12)21(18,19)17(14)8-5-9-20-2/h3-4,6-7H,1,5,8-9H2,2H3. The predicted molar refractivity (Wildman–Crippen MR) is 78.7 cm³/mol. The Bertz CT molecular complexity index is 732. The minimum absolute atomic E-state index is 0.0190. The van der Waals surface area contributed by atoms with E-state index in [1.165, 1.54) is 6.07 Å². The molecule has 1 aromatic rings. The summed E-state index contributed by atoms with van der Waals surface area (Å²) in [4.78, 5) is 4.41. The summed E-state index contributed by atoms with van der Waals surface area (Å²) in [5, 5.41) is 9.02. The average molecular weight is 305 g/mol. The molecular formula is C14H15N3O3S. The van der Waals surface area contributed by atoms with Crippen LogP contribution in [0.5, 0.6) is 0 Å². The lowest BCUT2D eigenvalue weighted by Crippen LogP contribution is -2.40. The van der Waals surface area contributed by atoms with E-state index >= 15 is 0 Å². The van der Waals surface area contributed by atoms with Crippen molar-refractivity contribution in [2.24, 2.45) is 4.99 Å². The van der Waals surface area contributed by atoms with Gasteiger partial charge in [-0.3, -0.25) is 0 Å². The van der Waals surface area contributed by atoms with Gasteiger partial charge in [0.25, 0.3) is 10.0 Å². The second kappa shape index (κ2) is 6.08. The number of fused-ring (bicyclic) bond motifs is 1. The number of sulfonamides is 1. The number of hydrogen-bond donors (Lipinski definition) is 0. The number of rotatable bonds is 5. The zero-order valence-corrected chi connectivity index (χ0v) is 12.4. The van der Waals surface area contributed by atoms with Crippen molar-refractivity contribution in [2.45, 2.75) is 11.3 Å². The molecule has 0 radical (unpaired) electrons. The van der Waals surface area contributed by atoms with Crippen LogP contribution in [0.25, 0.3) is 0 Å². The first-order chi connectivity index (χ1) is 10.0. The lowest BCUT2D eigenvalue weighted by Gasteiger charge is -2.29. The van der Waals surface area contributed by atoms with Gasteiger partial charge in [0.15, 0.2) is 5.84 Å². The second-order valence-electron chi connectivity index (χ2n) is 4.42. The Hall–Kier alpha value is -2.17. The molecule has 0 fully saturated rings. The topological polar surface area (TPSA) is 82.8 Å². The molecule has 7 heteroatoms. The zero-order chi connectivity index (χ0) is 15.5. The van der Waals surface area contributed by atoms with Crippen LogP contribution in [0.15, 0.2) is 46.3 Å². The first-order valence-corrected chi connectivity index (χ1v) is 7.75. The molecule has 0 unspecified atom stereocenters. The Kier molecular flexibility index (Phi) is 4.40. The molecule has 1 aliphatic rings. The van der Waals surface area contributed by atoms with Crippen molar-refractivity contribution in [3.8, 4) is 6.07 Å². The molecule has 0 N–H and O–H groups in total. The summed E-state index contributed by atoms with van der Waals surface area (Å²) in [6.45, 7) is 4.19. The van der Waals surface area contributed by atoms with Gasteiger partial charge in [-0.1, -0.05) is 18.7 Å². The quantitative estimate of drug-likeness (QED) is 0.614. The third kappa shape index (κ3) is 2.82. The lowest BCUT2D eigenvalue weighted by molar-refractivity contribution is 0.192. The van der Waals surface area contributed by atoms with Gasteiger partial charge in [-0.05, 0) is 18.6 Å². The van der Waals surface area contributed by atoms with E-state index in [0.717, 1.165) is 4.31 Å². The summed E-state index contributed by atoms with van der Waals surface area (Å²) < 4.78 is 31.4. The van der Waals surface area contributed by atoms with Crippen LogP contribution < -0.4 is 0 Å². The number of nitriles is 1. The highest BCUT2D eigenvalue weighted by Crippen LogP contribution is 2.33. The molecule has 0 bridgehead atoms. The minimum Gasteiger partial charge on any atom is -0.385 e. The van der Waals surface area contributed by atoms with E-state index in [9.17, 15) is 8.42 Å². The van der Waals surface area contributed by atoms with Crippen LogP contribution in [-0.4, -0.2) is 38.8 Å². The van der Waals surface area contributed by atoms with E-state index in [-0.39, 0.29) is 22.8 Å². The second-order valence-corrected chi connectivity index (χ2v) is 6.25. The molecule has 0 amide bonds. The molecule has 110 valence electrons. The third-order valence-corrected chi connectivity index (χ3v) is 4.85. The van der Waals surface area contributed by atoms with Gasteiger partial charge in [0.05, 0.1) is 11.3 Å². The van der Waals surface area contributed by atoms with Crippen molar-refractivity contribution in [1.29, 1.82) is 5.26 Å². The molecule has 6 nitrogen and oxygen atoms in total. The first kappa shape index (κ1) is 15.2. The molecule has 0 atom stereocenters. The van der Waals surface area contributed by atoms with Crippen molar-refractivity contribution in [2.75, 3.05) is 20.3 Å². The van der Waals surface area contributed by atoms with E-state index in [4.69, 9.17) is 10.00 Å². The van der Waals surface area contributed by atoms with Crippen LogP contribution >= 0.6 is 0 Å². The fourth-order valence-electron chi connectivity index (χ4n) is 2.02. The summed E-state index contributed by atoms with van der Waals surface area (Å²) in [5.41, 5.74) is 0.345. The van der Waals surface area contributed by atoms with Gasteiger partial charge in [0.1, 0.15) is 11.0 Å². The van der Waals surface area contributed by atoms with E-state index in [1.54, 1.807) is 25.3 Å². The number of amidine groups is 1. The van der Waals surface area contributed by atoms with Gasteiger partial charge < -0.3 is 4.74 Å². The third-order valence-electron chi connectivity index (χ3n) is 3.01. The first-order valence-electron chi connectivity index (χ1n) is 6.31. The molecule has 0 aromatic heterocycles. The highest BCUT2D eigenvalue weighted by Gasteiger charge is 2.34. The Morgan fingerprint density at radius 1 is 1.48 bits per heavy atom. The van der Waals surface area contributed by atoms with Crippen molar-refractivity contribution in [3.63, 3.8) is 0 Å².